The van der Waals surface area contributed by atoms with Crippen molar-refractivity contribution in [3.8, 4) is 0 Å². The van der Waals surface area contributed by atoms with E-state index >= 15 is 0 Å². The van der Waals surface area contributed by atoms with Crippen LogP contribution in [0.25, 0.3) is 0 Å². The summed E-state index contributed by atoms with van der Waals surface area (Å²) < 4.78 is 19.0. The third-order valence-electron chi connectivity index (χ3n) is 3.94. The van der Waals surface area contributed by atoms with Gasteiger partial charge in [0.25, 0.3) is 0 Å². The Balaban J connectivity index is 1.99. The number of morpholine rings is 1. The number of benzene rings is 1. The highest BCUT2D eigenvalue weighted by molar-refractivity contribution is 6.30. The van der Waals surface area contributed by atoms with Crippen molar-refractivity contribution in [2.24, 2.45) is 0 Å². The van der Waals surface area contributed by atoms with E-state index in [-0.39, 0.29) is 17.0 Å². The van der Waals surface area contributed by atoms with Gasteiger partial charge in [-0.05, 0) is 31.5 Å². The molecule has 22 heavy (non-hydrogen) atoms. The first kappa shape index (κ1) is 17.2. The zero-order valence-electron chi connectivity index (χ0n) is 13.0. The molecule has 1 heterocycles. The minimum atomic E-state index is -0.435. The number of halogens is 2. The van der Waals surface area contributed by atoms with Gasteiger partial charge in [-0.2, -0.15) is 0 Å². The molecule has 1 aliphatic heterocycles. The fraction of sp³-hybridized carbons (Fsp3) is 0.562. The number of nitrogens with zero attached hydrogens (tertiary/aromatic N) is 2. The molecule has 0 saturated carbocycles. The Hall–Kier alpha value is -1.17. The minimum absolute atomic E-state index is 0.0949. The van der Waals surface area contributed by atoms with Gasteiger partial charge in [-0.25, -0.2) is 4.39 Å². The van der Waals surface area contributed by atoms with E-state index in [2.05, 4.69) is 4.90 Å². The van der Waals surface area contributed by atoms with Crippen molar-refractivity contribution in [3.05, 3.63) is 34.6 Å². The Labute approximate surface area is 135 Å². The van der Waals surface area contributed by atoms with Gasteiger partial charge in [0.2, 0.25) is 5.91 Å². The number of hydrogen-bond donors (Lipinski definition) is 0. The maximum absolute atomic E-state index is 13.2. The lowest BCUT2D eigenvalue weighted by Gasteiger charge is -2.34. The molecule has 6 heteroatoms. The van der Waals surface area contributed by atoms with Gasteiger partial charge in [-0.3, -0.25) is 9.69 Å². The summed E-state index contributed by atoms with van der Waals surface area (Å²) in [6, 6.07) is 4.62. The predicted molar refractivity (Wildman–Crippen MR) is 84.5 cm³/mol. The molecule has 0 bridgehead atoms. The summed E-state index contributed by atoms with van der Waals surface area (Å²) in [6.07, 6.45) is -0.184. The van der Waals surface area contributed by atoms with Crippen molar-refractivity contribution in [2.75, 3.05) is 39.3 Å². The quantitative estimate of drug-likeness (QED) is 0.833. The highest BCUT2D eigenvalue weighted by atomic mass is 35.5. The molecule has 1 aromatic carbocycles. The highest BCUT2D eigenvalue weighted by Crippen LogP contribution is 2.26. The normalized spacial score (nSPS) is 19.2. The van der Waals surface area contributed by atoms with E-state index in [1.807, 2.05) is 18.7 Å². The van der Waals surface area contributed by atoms with Crippen LogP contribution in [-0.4, -0.2) is 55.0 Å². The Morgan fingerprint density at radius 2 is 2.18 bits per heavy atom. The summed E-state index contributed by atoms with van der Waals surface area (Å²) in [6.45, 7) is 7.65. The van der Waals surface area contributed by atoms with Gasteiger partial charge < -0.3 is 9.64 Å². The molecule has 1 aliphatic rings. The van der Waals surface area contributed by atoms with Crippen LogP contribution in [0.1, 0.15) is 25.5 Å². The number of carbonyl (C=O) groups is 1. The van der Waals surface area contributed by atoms with Gasteiger partial charge >= 0.3 is 0 Å². The molecule has 2 rings (SSSR count). The zero-order valence-corrected chi connectivity index (χ0v) is 13.8. The van der Waals surface area contributed by atoms with Crippen LogP contribution in [0.5, 0.6) is 0 Å². The van der Waals surface area contributed by atoms with Crippen LogP contribution in [0.4, 0.5) is 4.39 Å². The largest absolute Gasteiger partial charge is 0.371 e. The van der Waals surface area contributed by atoms with E-state index in [1.54, 1.807) is 12.1 Å². The van der Waals surface area contributed by atoms with Gasteiger partial charge in [0, 0.05) is 26.2 Å². The summed E-state index contributed by atoms with van der Waals surface area (Å²) >= 11 is 5.83. The molecule has 0 radical (unpaired) electrons. The second-order valence-electron chi connectivity index (χ2n) is 5.33. The zero-order chi connectivity index (χ0) is 16.1. The fourth-order valence-corrected chi connectivity index (χ4v) is 2.82. The van der Waals surface area contributed by atoms with Crippen LogP contribution in [0.3, 0.4) is 0 Å². The Morgan fingerprint density at radius 1 is 1.45 bits per heavy atom. The Bertz CT molecular complexity index is 523. The summed E-state index contributed by atoms with van der Waals surface area (Å²) in [5, 5.41) is 0.0949. The van der Waals surface area contributed by atoms with Crippen molar-refractivity contribution in [3.63, 3.8) is 0 Å². The molecule has 1 aromatic rings. The van der Waals surface area contributed by atoms with Crippen LogP contribution in [0.15, 0.2) is 18.2 Å². The number of hydrogen-bond acceptors (Lipinski definition) is 3. The predicted octanol–water partition coefficient (Wildman–Crippen LogP) is 2.72. The van der Waals surface area contributed by atoms with Crippen molar-refractivity contribution in [1.29, 1.82) is 0 Å². The number of ether oxygens (including phenoxy) is 1. The SMILES string of the molecule is CCN(CC)C(=O)CN1CCOC(c2ccc(F)c(Cl)c2)C1. The number of rotatable bonds is 5. The van der Waals surface area contributed by atoms with Gasteiger partial charge in [-0.1, -0.05) is 17.7 Å². The van der Waals surface area contributed by atoms with E-state index < -0.39 is 5.82 Å². The molecular formula is C16H22ClFN2O2. The van der Waals surface area contributed by atoms with Crippen molar-refractivity contribution in [2.45, 2.75) is 20.0 Å². The van der Waals surface area contributed by atoms with Gasteiger partial charge in [0.1, 0.15) is 5.82 Å². The summed E-state index contributed by atoms with van der Waals surface area (Å²) in [5.41, 5.74) is 0.839. The van der Waals surface area contributed by atoms with E-state index in [9.17, 15) is 9.18 Å². The van der Waals surface area contributed by atoms with Crippen molar-refractivity contribution < 1.29 is 13.9 Å². The lowest BCUT2D eigenvalue weighted by atomic mass is 10.1. The summed E-state index contributed by atoms with van der Waals surface area (Å²) in [4.78, 5) is 16.1. The number of amides is 1. The van der Waals surface area contributed by atoms with Crippen LogP contribution in [-0.2, 0) is 9.53 Å². The van der Waals surface area contributed by atoms with Gasteiger partial charge in [-0.15, -0.1) is 0 Å². The molecule has 1 fully saturated rings. The molecule has 1 amide bonds. The fourth-order valence-electron chi connectivity index (χ4n) is 2.63. The van der Waals surface area contributed by atoms with Gasteiger partial charge in [0.05, 0.1) is 24.3 Å². The Morgan fingerprint density at radius 3 is 2.82 bits per heavy atom. The molecule has 1 atom stereocenters. The first-order chi connectivity index (χ1) is 10.5. The van der Waals surface area contributed by atoms with Crippen molar-refractivity contribution in [1.82, 2.24) is 9.80 Å². The standard InChI is InChI=1S/C16H22ClFN2O2/c1-3-20(4-2)16(21)11-19-7-8-22-15(10-19)12-5-6-14(18)13(17)9-12/h5-6,9,15H,3-4,7-8,10-11H2,1-2H3. The molecular weight excluding hydrogens is 307 g/mol. The van der Waals surface area contributed by atoms with E-state index in [0.717, 1.165) is 25.2 Å². The molecule has 0 aromatic heterocycles. The van der Waals surface area contributed by atoms with Crippen molar-refractivity contribution >= 4 is 17.5 Å². The average Bonchev–Trinajstić information content (AvgIpc) is 2.51. The minimum Gasteiger partial charge on any atom is -0.371 e. The third kappa shape index (κ3) is 4.18. The average molecular weight is 329 g/mol. The molecule has 1 unspecified atom stereocenters. The van der Waals surface area contributed by atoms with Crippen LogP contribution < -0.4 is 0 Å². The van der Waals surface area contributed by atoms with E-state index in [1.165, 1.54) is 6.07 Å². The summed E-state index contributed by atoms with van der Waals surface area (Å²) in [7, 11) is 0. The van der Waals surface area contributed by atoms with E-state index in [4.69, 9.17) is 16.3 Å². The monoisotopic (exact) mass is 328 g/mol. The smallest absolute Gasteiger partial charge is 0.236 e. The summed E-state index contributed by atoms with van der Waals surface area (Å²) in [5.74, 6) is -0.308. The molecule has 1 saturated heterocycles. The maximum Gasteiger partial charge on any atom is 0.236 e. The lowest BCUT2D eigenvalue weighted by Crippen LogP contribution is -2.45. The first-order valence-corrected chi connectivity index (χ1v) is 7.99. The lowest BCUT2D eigenvalue weighted by molar-refractivity contribution is -0.134. The molecule has 0 aliphatic carbocycles. The van der Waals surface area contributed by atoms with Gasteiger partial charge in [0.15, 0.2) is 0 Å². The first-order valence-electron chi connectivity index (χ1n) is 7.61. The molecule has 0 N–H and O–H groups in total. The molecule has 4 nitrogen and oxygen atoms in total. The maximum atomic E-state index is 13.2. The topological polar surface area (TPSA) is 32.8 Å². The molecule has 0 spiro atoms. The third-order valence-corrected chi connectivity index (χ3v) is 4.23. The van der Waals surface area contributed by atoms with E-state index in [0.29, 0.717) is 19.7 Å². The van der Waals surface area contributed by atoms with Crippen LogP contribution in [0, 0.1) is 5.82 Å². The number of carbonyl (C=O) groups excluding carboxylic acids is 1. The Kier molecular flexibility index (Phi) is 6.17. The second kappa shape index (κ2) is 7.90. The highest BCUT2D eigenvalue weighted by Gasteiger charge is 2.25. The molecule has 122 valence electrons. The number of likely N-dealkylation sites (N-methyl/N-ethyl adjacent to an activating group) is 1. The van der Waals surface area contributed by atoms with Crippen LogP contribution >= 0.6 is 11.6 Å². The van der Waals surface area contributed by atoms with Crippen LogP contribution in [0.2, 0.25) is 5.02 Å². The second-order valence-corrected chi connectivity index (χ2v) is 5.74.